The molecule has 2 rings (SSSR count). The first-order valence-corrected chi connectivity index (χ1v) is 6.35. The fourth-order valence-corrected chi connectivity index (χ4v) is 1.71. The highest BCUT2D eigenvalue weighted by atomic mass is 16.5. The van der Waals surface area contributed by atoms with E-state index >= 15 is 0 Å². The van der Waals surface area contributed by atoms with Crippen LogP contribution in [0, 0.1) is 4.91 Å². The van der Waals surface area contributed by atoms with Gasteiger partial charge in [0.2, 0.25) is 5.95 Å². The summed E-state index contributed by atoms with van der Waals surface area (Å²) in [5.41, 5.74) is 11.9. The molecule has 0 spiro atoms. The van der Waals surface area contributed by atoms with E-state index in [0.29, 0.717) is 17.9 Å². The van der Waals surface area contributed by atoms with Gasteiger partial charge in [-0.25, -0.2) is 4.79 Å². The van der Waals surface area contributed by atoms with E-state index in [9.17, 15) is 9.70 Å². The summed E-state index contributed by atoms with van der Waals surface area (Å²) >= 11 is 0. The van der Waals surface area contributed by atoms with Gasteiger partial charge >= 0.3 is 5.97 Å². The maximum absolute atomic E-state index is 11.6. The average Bonchev–Trinajstić information content (AvgIpc) is 2.48. The molecule has 0 amide bonds. The molecule has 0 aliphatic carbocycles. The molecule has 0 radical (unpaired) electrons. The van der Waals surface area contributed by atoms with Gasteiger partial charge in [-0.3, -0.25) is 0 Å². The molecular weight excluding hydrogens is 288 g/mol. The zero-order chi connectivity index (χ0) is 16.1. The number of nitrogens with zero attached hydrogens (tertiary/aromatic N) is 3. The summed E-state index contributed by atoms with van der Waals surface area (Å²) in [4.78, 5) is 29.9. The summed E-state index contributed by atoms with van der Waals surface area (Å²) in [7, 11) is 0. The third-order valence-corrected chi connectivity index (χ3v) is 2.68. The molecule has 5 N–H and O–H groups in total. The summed E-state index contributed by atoms with van der Waals surface area (Å²) in [5.74, 6) is -0.535. The lowest BCUT2D eigenvalue weighted by molar-refractivity contribution is 0.0526. The normalized spacial score (nSPS) is 10.0. The summed E-state index contributed by atoms with van der Waals surface area (Å²) in [5, 5.41) is 5.63. The van der Waals surface area contributed by atoms with Crippen LogP contribution in [0.15, 0.2) is 29.4 Å². The highest BCUT2D eigenvalue weighted by molar-refractivity contribution is 5.90. The number of hydrogen-bond donors (Lipinski definition) is 3. The van der Waals surface area contributed by atoms with Crippen LogP contribution < -0.4 is 16.8 Å². The van der Waals surface area contributed by atoms with Crippen LogP contribution in [0.5, 0.6) is 0 Å². The number of anilines is 4. The van der Waals surface area contributed by atoms with Crippen molar-refractivity contribution >= 4 is 34.9 Å². The Bertz CT molecular complexity index is 702. The molecule has 114 valence electrons. The highest BCUT2D eigenvalue weighted by Gasteiger charge is 2.13. The van der Waals surface area contributed by atoms with Gasteiger partial charge in [-0.2, -0.15) is 9.97 Å². The average molecular weight is 302 g/mol. The summed E-state index contributed by atoms with van der Waals surface area (Å²) in [6, 6.07) is 6.38. The van der Waals surface area contributed by atoms with Gasteiger partial charge in [0.1, 0.15) is 0 Å². The number of aromatic nitrogens is 2. The van der Waals surface area contributed by atoms with Crippen LogP contribution in [0.2, 0.25) is 0 Å². The number of ether oxygens (including phenoxy) is 1. The lowest BCUT2D eigenvalue weighted by Crippen LogP contribution is -2.05. The fourth-order valence-electron chi connectivity index (χ4n) is 1.71. The summed E-state index contributed by atoms with van der Waals surface area (Å²) in [6.45, 7) is 2.03. The Labute approximate surface area is 125 Å². The number of esters is 1. The minimum atomic E-state index is -0.417. The number of hydrogen-bond acceptors (Lipinski definition) is 9. The van der Waals surface area contributed by atoms with Crippen LogP contribution in [0.4, 0.5) is 29.0 Å². The van der Waals surface area contributed by atoms with Crippen molar-refractivity contribution in [1.82, 2.24) is 9.97 Å². The Hall–Kier alpha value is -3.23. The van der Waals surface area contributed by atoms with Crippen LogP contribution in [0.1, 0.15) is 17.3 Å². The standard InChI is InChI=1S/C13H14N6O3/c1-2-22-12(20)7-3-5-8(6-4-7)16-11-9(19-21)10(14)17-13(15)18-11/h3-6H,2H2,1H3,(H5,14,15,16,17,18). The number of nitrogen functional groups attached to an aromatic ring is 2. The van der Waals surface area contributed by atoms with Crippen LogP contribution in [0.3, 0.4) is 0 Å². The van der Waals surface area contributed by atoms with E-state index in [-0.39, 0.29) is 23.3 Å². The highest BCUT2D eigenvalue weighted by Crippen LogP contribution is 2.31. The molecule has 0 saturated heterocycles. The molecule has 0 aliphatic heterocycles. The third-order valence-electron chi connectivity index (χ3n) is 2.68. The first-order valence-electron chi connectivity index (χ1n) is 6.35. The SMILES string of the molecule is CCOC(=O)c1ccc(Nc2nc(N)nc(N)c2N=O)cc1. The van der Waals surface area contributed by atoms with Gasteiger partial charge in [0.25, 0.3) is 0 Å². The predicted molar refractivity (Wildman–Crippen MR) is 82.0 cm³/mol. The van der Waals surface area contributed by atoms with E-state index < -0.39 is 5.97 Å². The molecule has 9 heteroatoms. The molecule has 0 atom stereocenters. The van der Waals surface area contributed by atoms with Crippen LogP contribution in [-0.2, 0) is 4.74 Å². The number of benzene rings is 1. The second-order valence-electron chi connectivity index (χ2n) is 4.18. The Balaban J connectivity index is 2.25. The van der Waals surface area contributed by atoms with E-state index in [1.54, 1.807) is 31.2 Å². The second kappa shape index (κ2) is 6.48. The lowest BCUT2D eigenvalue weighted by atomic mass is 10.2. The fraction of sp³-hybridized carbons (Fsp3) is 0.154. The third kappa shape index (κ3) is 3.26. The van der Waals surface area contributed by atoms with Gasteiger partial charge in [0, 0.05) is 5.69 Å². The van der Waals surface area contributed by atoms with Crippen LogP contribution in [0.25, 0.3) is 0 Å². The van der Waals surface area contributed by atoms with Crippen molar-refractivity contribution in [3.63, 3.8) is 0 Å². The van der Waals surface area contributed by atoms with Crippen molar-refractivity contribution in [3.05, 3.63) is 34.7 Å². The molecule has 0 bridgehead atoms. The van der Waals surface area contributed by atoms with Crippen molar-refractivity contribution in [3.8, 4) is 0 Å². The zero-order valence-corrected chi connectivity index (χ0v) is 11.7. The first kappa shape index (κ1) is 15.2. The Morgan fingerprint density at radius 3 is 2.55 bits per heavy atom. The van der Waals surface area contributed by atoms with E-state index in [1.165, 1.54) is 0 Å². The number of carbonyl (C=O) groups is 1. The largest absolute Gasteiger partial charge is 0.462 e. The summed E-state index contributed by atoms with van der Waals surface area (Å²) in [6.07, 6.45) is 0. The molecule has 9 nitrogen and oxygen atoms in total. The molecule has 0 unspecified atom stereocenters. The molecule has 1 heterocycles. The Kier molecular flexibility index (Phi) is 4.47. The number of nitrogens with one attached hydrogen (secondary N) is 1. The monoisotopic (exact) mass is 302 g/mol. The van der Waals surface area contributed by atoms with E-state index in [2.05, 4.69) is 20.5 Å². The summed E-state index contributed by atoms with van der Waals surface area (Å²) < 4.78 is 4.88. The molecule has 22 heavy (non-hydrogen) atoms. The minimum absolute atomic E-state index is 0.0869. The number of carbonyl (C=O) groups excluding carboxylic acids is 1. The maximum Gasteiger partial charge on any atom is 0.338 e. The van der Waals surface area contributed by atoms with E-state index in [0.717, 1.165) is 0 Å². The topological polar surface area (TPSA) is 146 Å². The Morgan fingerprint density at radius 2 is 1.95 bits per heavy atom. The molecule has 1 aromatic carbocycles. The zero-order valence-electron chi connectivity index (χ0n) is 11.7. The number of nitroso groups, excluding NO2 is 1. The smallest absolute Gasteiger partial charge is 0.338 e. The maximum atomic E-state index is 11.6. The van der Waals surface area contributed by atoms with Gasteiger partial charge in [-0.1, -0.05) is 0 Å². The van der Waals surface area contributed by atoms with Gasteiger partial charge in [0.15, 0.2) is 17.3 Å². The Morgan fingerprint density at radius 1 is 1.27 bits per heavy atom. The lowest BCUT2D eigenvalue weighted by Gasteiger charge is -2.09. The van der Waals surface area contributed by atoms with Crippen molar-refractivity contribution in [2.24, 2.45) is 5.18 Å². The minimum Gasteiger partial charge on any atom is -0.462 e. The molecule has 1 aromatic heterocycles. The molecule has 2 aromatic rings. The molecule has 0 saturated carbocycles. The van der Waals surface area contributed by atoms with Crippen molar-refractivity contribution < 1.29 is 9.53 Å². The second-order valence-corrected chi connectivity index (χ2v) is 4.18. The van der Waals surface area contributed by atoms with Gasteiger partial charge in [-0.15, -0.1) is 4.91 Å². The van der Waals surface area contributed by atoms with Crippen LogP contribution in [-0.4, -0.2) is 22.5 Å². The van der Waals surface area contributed by atoms with Crippen molar-refractivity contribution in [2.45, 2.75) is 6.92 Å². The van der Waals surface area contributed by atoms with Crippen LogP contribution >= 0.6 is 0 Å². The molecule has 0 fully saturated rings. The van der Waals surface area contributed by atoms with E-state index in [1.807, 2.05) is 0 Å². The molecular formula is C13H14N6O3. The van der Waals surface area contributed by atoms with Gasteiger partial charge in [0.05, 0.1) is 12.2 Å². The molecule has 0 aliphatic rings. The number of rotatable bonds is 5. The van der Waals surface area contributed by atoms with Gasteiger partial charge in [-0.05, 0) is 36.4 Å². The van der Waals surface area contributed by atoms with Crippen molar-refractivity contribution in [1.29, 1.82) is 0 Å². The number of nitrogens with two attached hydrogens (primary N) is 2. The predicted octanol–water partition coefficient (Wildman–Crippen LogP) is 1.96. The van der Waals surface area contributed by atoms with Gasteiger partial charge < -0.3 is 21.5 Å². The van der Waals surface area contributed by atoms with Crippen molar-refractivity contribution in [2.75, 3.05) is 23.4 Å². The van der Waals surface area contributed by atoms with E-state index in [4.69, 9.17) is 16.2 Å². The quantitative estimate of drug-likeness (QED) is 0.561. The first-order chi connectivity index (χ1) is 10.5.